The molecule has 3 rings (SSSR count). The molecule has 8 heteroatoms. The molecule has 2 aliphatic rings. The van der Waals surface area contributed by atoms with Gasteiger partial charge in [0, 0.05) is 39.1 Å². The van der Waals surface area contributed by atoms with E-state index in [0.29, 0.717) is 25.2 Å². The molecule has 8 nitrogen and oxygen atoms in total. The number of amides is 2. The Kier molecular flexibility index (Phi) is 5.26. The highest BCUT2D eigenvalue weighted by Gasteiger charge is 2.45. The summed E-state index contributed by atoms with van der Waals surface area (Å²) in [5.74, 6) is 0.284. The number of imidazole rings is 1. The standard InChI is InChI=1S/C15H22N4O2.CH2O2/c1-11-13(17(2)10-16-11)14(21)19-8-6-15(7-9-19)5-4-12(20)18(15)3;2-1-3/h10H,4-9H2,1-3H3;1H,(H,2,3). The molecule has 0 unspecified atom stereocenters. The van der Waals surface area contributed by atoms with E-state index in [4.69, 9.17) is 9.90 Å². The number of rotatable bonds is 1. The number of nitrogens with zero attached hydrogens (tertiary/aromatic N) is 4. The van der Waals surface area contributed by atoms with Crippen LogP contribution in [0.2, 0.25) is 0 Å². The predicted octanol–water partition coefficient (Wildman–Crippen LogP) is 0.656. The molecular formula is C16H24N4O4. The van der Waals surface area contributed by atoms with Crippen LogP contribution in [0.3, 0.4) is 0 Å². The molecule has 132 valence electrons. The Morgan fingerprint density at radius 1 is 1.29 bits per heavy atom. The molecule has 1 N–H and O–H groups in total. The van der Waals surface area contributed by atoms with E-state index in [1.807, 2.05) is 30.8 Å². The van der Waals surface area contributed by atoms with E-state index in [0.717, 1.165) is 25.0 Å². The molecule has 1 aromatic heterocycles. The fourth-order valence-corrected chi connectivity index (χ4v) is 3.65. The van der Waals surface area contributed by atoms with Gasteiger partial charge in [0.2, 0.25) is 5.91 Å². The highest BCUT2D eigenvalue weighted by molar-refractivity contribution is 5.93. The lowest BCUT2D eigenvalue weighted by molar-refractivity contribution is -0.130. The summed E-state index contributed by atoms with van der Waals surface area (Å²) in [7, 11) is 3.75. The molecule has 0 atom stereocenters. The van der Waals surface area contributed by atoms with Gasteiger partial charge in [-0.05, 0) is 26.2 Å². The predicted molar refractivity (Wildman–Crippen MR) is 86.5 cm³/mol. The van der Waals surface area contributed by atoms with Crippen molar-refractivity contribution in [2.24, 2.45) is 7.05 Å². The molecule has 1 aromatic rings. The fraction of sp³-hybridized carbons (Fsp3) is 0.625. The van der Waals surface area contributed by atoms with Crippen molar-refractivity contribution in [3.63, 3.8) is 0 Å². The number of aryl methyl sites for hydroxylation is 2. The molecule has 0 radical (unpaired) electrons. The monoisotopic (exact) mass is 336 g/mol. The third-order valence-electron chi connectivity index (χ3n) is 5.19. The number of aromatic nitrogens is 2. The molecule has 1 spiro atoms. The maximum atomic E-state index is 12.6. The minimum Gasteiger partial charge on any atom is -0.483 e. The number of carboxylic acid groups (broad SMARTS) is 1. The Bertz CT molecular complexity index is 613. The van der Waals surface area contributed by atoms with Crippen molar-refractivity contribution in [2.75, 3.05) is 20.1 Å². The number of hydrogen-bond acceptors (Lipinski definition) is 4. The molecule has 2 amide bonds. The van der Waals surface area contributed by atoms with E-state index < -0.39 is 0 Å². The second-order valence-electron chi connectivity index (χ2n) is 6.36. The van der Waals surface area contributed by atoms with Crippen LogP contribution in [0.4, 0.5) is 0 Å². The molecule has 3 heterocycles. The zero-order valence-electron chi connectivity index (χ0n) is 14.4. The first-order valence-electron chi connectivity index (χ1n) is 7.98. The van der Waals surface area contributed by atoms with Gasteiger partial charge in [-0.1, -0.05) is 0 Å². The van der Waals surface area contributed by atoms with Gasteiger partial charge in [0.05, 0.1) is 12.0 Å². The van der Waals surface area contributed by atoms with Gasteiger partial charge in [0.25, 0.3) is 12.4 Å². The molecular weight excluding hydrogens is 312 g/mol. The van der Waals surface area contributed by atoms with Crippen molar-refractivity contribution in [2.45, 2.75) is 38.1 Å². The SMILES string of the molecule is Cc1ncn(C)c1C(=O)N1CCC2(CCC(=O)N2C)CC1.O=CO. The minimum atomic E-state index is -0.250. The molecule has 2 aliphatic heterocycles. The van der Waals surface area contributed by atoms with E-state index in [2.05, 4.69) is 4.98 Å². The normalized spacial score (nSPS) is 19.2. The van der Waals surface area contributed by atoms with Crippen molar-refractivity contribution in [1.82, 2.24) is 19.4 Å². The lowest BCUT2D eigenvalue weighted by Crippen LogP contribution is -2.53. The van der Waals surface area contributed by atoms with Crippen LogP contribution in [0.1, 0.15) is 41.9 Å². The van der Waals surface area contributed by atoms with Crippen LogP contribution in [-0.2, 0) is 16.6 Å². The van der Waals surface area contributed by atoms with Crippen LogP contribution < -0.4 is 0 Å². The van der Waals surface area contributed by atoms with E-state index in [-0.39, 0.29) is 23.8 Å². The van der Waals surface area contributed by atoms with Crippen LogP contribution in [0.25, 0.3) is 0 Å². The number of piperidine rings is 1. The van der Waals surface area contributed by atoms with Crippen molar-refractivity contribution < 1.29 is 19.5 Å². The Hall–Kier alpha value is -2.38. The van der Waals surface area contributed by atoms with E-state index in [1.54, 1.807) is 10.9 Å². The molecule has 24 heavy (non-hydrogen) atoms. The average molecular weight is 336 g/mol. The van der Waals surface area contributed by atoms with E-state index in [1.165, 1.54) is 0 Å². The van der Waals surface area contributed by atoms with Crippen molar-refractivity contribution in [3.05, 3.63) is 17.7 Å². The maximum absolute atomic E-state index is 12.6. The Morgan fingerprint density at radius 2 is 1.88 bits per heavy atom. The number of carbonyl (C=O) groups is 3. The van der Waals surface area contributed by atoms with Crippen molar-refractivity contribution in [1.29, 1.82) is 0 Å². The first kappa shape index (κ1) is 18.0. The summed E-state index contributed by atoms with van der Waals surface area (Å²) < 4.78 is 1.78. The highest BCUT2D eigenvalue weighted by Crippen LogP contribution is 2.38. The minimum absolute atomic E-state index is 0.0185. The average Bonchev–Trinajstić information content (AvgIpc) is 3.03. The molecule has 0 aliphatic carbocycles. The topological polar surface area (TPSA) is 95.7 Å². The molecule has 0 bridgehead atoms. The van der Waals surface area contributed by atoms with Gasteiger partial charge in [-0.25, -0.2) is 4.98 Å². The Balaban J connectivity index is 0.000000647. The molecule has 0 saturated carbocycles. The molecule has 2 saturated heterocycles. The second-order valence-corrected chi connectivity index (χ2v) is 6.36. The summed E-state index contributed by atoms with van der Waals surface area (Å²) in [6.07, 6.45) is 4.99. The molecule has 0 aromatic carbocycles. The largest absolute Gasteiger partial charge is 0.483 e. The van der Waals surface area contributed by atoms with Crippen LogP contribution in [0, 0.1) is 6.92 Å². The summed E-state index contributed by atoms with van der Waals surface area (Å²) >= 11 is 0. The quantitative estimate of drug-likeness (QED) is 0.760. The lowest BCUT2D eigenvalue weighted by Gasteiger charge is -2.43. The van der Waals surface area contributed by atoms with Gasteiger partial charge >= 0.3 is 0 Å². The molecule has 2 fully saturated rings. The summed E-state index contributed by atoms with van der Waals surface area (Å²) in [5.41, 5.74) is 1.42. The van der Waals surface area contributed by atoms with E-state index in [9.17, 15) is 9.59 Å². The van der Waals surface area contributed by atoms with Gasteiger partial charge in [0.15, 0.2) is 0 Å². The van der Waals surface area contributed by atoms with Gasteiger partial charge < -0.3 is 19.5 Å². The second kappa shape index (κ2) is 7.02. The summed E-state index contributed by atoms with van der Waals surface area (Å²) in [6, 6.07) is 0. The van der Waals surface area contributed by atoms with Gasteiger partial charge in [0.1, 0.15) is 5.69 Å². The fourth-order valence-electron chi connectivity index (χ4n) is 3.65. The van der Waals surface area contributed by atoms with Gasteiger partial charge in [-0.15, -0.1) is 0 Å². The van der Waals surface area contributed by atoms with Crippen LogP contribution in [-0.4, -0.2) is 68.4 Å². The zero-order chi connectivity index (χ0) is 17.9. The third kappa shape index (κ3) is 3.13. The lowest BCUT2D eigenvalue weighted by atomic mass is 9.85. The third-order valence-corrected chi connectivity index (χ3v) is 5.19. The van der Waals surface area contributed by atoms with Crippen molar-refractivity contribution >= 4 is 18.3 Å². The van der Waals surface area contributed by atoms with Crippen LogP contribution in [0.15, 0.2) is 6.33 Å². The first-order valence-corrected chi connectivity index (χ1v) is 7.98. The Morgan fingerprint density at radius 3 is 2.29 bits per heavy atom. The summed E-state index contributed by atoms with van der Waals surface area (Å²) in [5, 5.41) is 6.89. The zero-order valence-corrected chi connectivity index (χ0v) is 14.4. The van der Waals surface area contributed by atoms with E-state index >= 15 is 0 Å². The first-order chi connectivity index (χ1) is 11.4. The smallest absolute Gasteiger partial charge is 0.290 e. The number of likely N-dealkylation sites (tertiary alicyclic amines) is 2. The maximum Gasteiger partial charge on any atom is 0.290 e. The summed E-state index contributed by atoms with van der Waals surface area (Å²) in [6.45, 7) is 3.03. The summed E-state index contributed by atoms with van der Waals surface area (Å²) in [4.78, 5) is 40.8. The van der Waals surface area contributed by atoms with Crippen molar-refractivity contribution in [3.8, 4) is 0 Å². The number of carbonyl (C=O) groups excluding carboxylic acids is 2. The Labute approximate surface area is 141 Å². The van der Waals surface area contributed by atoms with Crippen LogP contribution in [0.5, 0.6) is 0 Å². The number of hydrogen-bond donors (Lipinski definition) is 1. The van der Waals surface area contributed by atoms with Crippen LogP contribution >= 0.6 is 0 Å². The van der Waals surface area contributed by atoms with Gasteiger partial charge in [-0.2, -0.15) is 0 Å². The van der Waals surface area contributed by atoms with Gasteiger partial charge in [-0.3, -0.25) is 14.4 Å². The highest BCUT2D eigenvalue weighted by atomic mass is 16.3.